The van der Waals surface area contributed by atoms with E-state index in [4.69, 9.17) is 44.7 Å². The Morgan fingerprint density at radius 3 is 1.82 bits per heavy atom. The second-order valence-electron chi connectivity index (χ2n) is 9.94. The number of carbonyl (C=O) groups excluding carboxylic acids is 2. The second kappa shape index (κ2) is 22.3. The summed E-state index contributed by atoms with van der Waals surface area (Å²) < 4.78 is 31.8. The van der Waals surface area contributed by atoms with Gasteiger partial charge in [0.05, 0.1) is 71.3 Å². The van der Waals surface area contributed by atoms with Crippen LogP contribution in [0, 0.1) is 5.41 Å². The third kappa shape index (κ3) is 16.9. The second-order valence-corrected chi connectivity index (χ2v) is 9.94. The van der Waals surface area contributed by atoms with Gasteiger partial charge in [0.1, 0.15) is 18.4 Å². The van der Waals surface area contributed by atoms with Gasteiger partial charge in [-0.25, -0.2) is 14.4 Å². The van der Waals surface area contributed by atoms with Crippen molar-refractivity contribution in [2.75, 3.05) is 64.7 Å². The maximum atomic E-state index is 12.9. The van der Waals surface area contributed by atoms with Crippen LogP contribution in [-0.2, 0) is 44.7 Å². The average molecular weight is 693 g/mol. The maximum absolute atomic E-state index is 12.9. The summed E-state index contributed by atoms with van der Waals surface area (Å²) in [4.78, 5) is 59.6. The number of hydrogen-bond donors (Lipinski definition) is 6. The molecule has 2 aromatic carbocycles. The van der Waals surface area contributed by atoms with Gasteiger partial charge in [-0.05, 0) is 42.0 Å². The number of hydrogen-bond acceptors (Lipinski definition) is 12. The number of esters is 1. The highest BCUT2D eigenvalue weighted by Gasteiger charge is 2.32. The van der Waals surface area contributed by atoms with E-state index in [1.165, 1.54) is 36.4 Å². The molecule has 0 radical (unpaired) electrons. The van der Waals surface area contributed by atoms with Crippen molar-refractivity contribution in [1.29, 1.82) is 5.41 Å². The van der Waals surface area contributed by atoms with E-state index < -0.39 is 42.4 Å². The van der Waals surface area contributed by atoms with Crippen LogP contribution in [0.5, 0.6) is 5.75 Å². The van der Waals surface area contributed by atoms with Gasteiger partial charge in [0.15, 0.2) is 5.96 Å². The van der Waals surface area contributed by atoms with Gasteiger partial charge in [0.25, 0.3) is 0 Å². The quantitative estimate of drug-likeness (QED) is 0.0300. The number of rotatable bonds is 24. The van der Waals surface area contributed by atoms with Crippen molar-refractivity contribution in [1.82, 2.24) is 4.90 Å². The predicted octanol–water partition coefficient (Wildman–Crippen LogP) is 1.62. The van der Waals surface area contributed by atoms with Gasteiger partial charge < -0.3 is 54.8 Å². The molecule has 0 fully saturated rings. The zero-order valence-corrected chi connectivity index (χ0v) is 26.5. The van der Waals surface area contributed by atoms with Crippen molar-refractivity contribution >= 4 is 41.6 Å². The number of aliphatic carboxylic acids is 3. The molecule has 0 aliphatic rings. The normalized spacial score (nSPS) is 11.3. The van der Waals surface area contributed by atoms with Crippen LogP contribution >= 0.6 is 0 Å². The average Bonchev–Trinajstić information content (AvgIpc) is 3.05. The Balaban J connectivity index is 1.79. The number of ether oxygens (including phenoxy) is 6. The fourth-order valence-corrected chi connectivity index (χ4v) is 3.85. The van der Waals surface area contributed by atoms with Gasteiger partial charge in [-0.2, -0.15) is 0 Å². The van der Waals surface area contributed by atoms with Gasteiger partial charge in [-0.15, -0.1) is 0 Å². The SMILES string of the molecule is N=C(N)Nc1ccc(C(=O)Oc2ccc(COC(=O)N(CCOCCOCCOCCOCCC(=O)O)C(CC(=O)O)C(=O)O)cc2)cc1. The van der Waals surface area contributed by atoms with E-state index >= 15 is 0 Å². The third-order valence-corrected chi connectivity index (χ3v) is 6.21. The molecule has 0 aliphatic heterocycles. The fourth-order valence-electron chi connectivity index (χ4n) is 3.85. The molecule has 1 amide bonds. The number of amides is 1. The fraction of sp³-hybridized carbons (Fsp3) is 0.419. The first kappa shape index (κ1) is 39.9. The molecule has 0 spiro atoms. The number of carboxylic acids is 3. The van der Waals surface area contributed by atoms with E-state index in [2.05, 4.69) is 5.32 Å². The molecule has 0 aliphatic carbocycles. The highest BCUT2D eigenvalue weighted by atomic mass is 16.6. The molecule has 18 heteroatoms. The number of nitrogens with one attached hydrogen (secondary N) is 2. The first-order valence-electron chi connectivity index (χ1n) is 14.9. The lowest BCUT2D eigenvalue weighted by Crippen LogP contribution is -2.48. The van der Waals surface area contributed by atoms with Crippen molar-refractivity contribution in [2.45, 2.75) is 25.5 Å². The van der Waals surface area contributed by atoms with Crippen molar-refractivity contribution in [3.63, 3.8) is 0 Å². The molecule has 2 aromatic rings. The first-order valence-corrected chi connectivity index (χ1v) is 14.9. The topological polar surface area (TPSA) is 267 Å². The molecule has 2 rings (SSSR count). The number of nitrogens with two attached hydrogens (primary N) is 1. The van der Waals surface area contributed by atoms with Gasteiger partial charge in [0.2, 0.25) is 0 Å². The van der Waals surface area contributed by atoms with Crippen LogP contribution in [0.25, 0.3) is 0 Å². The zero-order valence-electron chi connectivity index (χ0n) is 26.5. The number of carbonyl (C=O) groups is 5. The van der Waals surface area contributed by atoms with Gasteiger partial charge >= 0.3 is 30.0 Å². The van der Waals surface area contributed by atoms with Gasteiger partial charge in [0, 0.05) is 12.2 Å². The van der Waals surface area contributed by atoms with Crippen LogP contribution in [0.3, 0.4) is 0 Å². The summed E-state index contributed by atoms with van der Waals surface area (Å²) in [5.41, 5.74) is 6.52. The van der Waals surface area contributed by atoms with E-state index in [1.54, 1.807) is 12.1 Å². The maximum Gasteiger partial charge on any atom is 0.410 e. The lowest BCUT2D eigenvalue weighted by atomic mass is 10.2. The van der Waals surface area contributed by atoms with E-state index in [0.717, 1.165) is 4.90 Å². The minimum atomic E-state index is -1.72. The van der Waals surface area contributed by atoms with Crippen LogP contribution in [0.15, 0.2) is 48.5 Å². The van der Waals surface area contributed by atoms with E-state index in [9.17, 15) is 34.2 Å². The smallest absolute Gasteiger partial charge is 0.410 e. The summed E-state index contributed by atoms with van der Waals surface area (Å²) in [5, 5.41) is 37.2. The summed E-state index contributed by atoms with van der Waals surface area (Å²) in [5.74, 6) is -4.60. The first-order chi connectivity index (χ1) is 23.5. The van der Waals surface area contributed by atoms with Crippen molar-refractivity contribution < 1.29 is 67.7 Å². The lowest BCUT2D eigenvalue weighted by molar-refractivity contribution is -0.149. The molecule has 1 atom stereocenters. The Morgan fingerprint density at radius 2 is 1.31 bits per heavy atom. The molecule has 18 nitrogen and oxygen atoms in total. The van der Waals surface area contributed by atoms with Crippen LogP contribution in [0.4, 0.5) is 10.5 Å². The molecule has 0 saturated heterocycles. The Hall–Kier alpha value is -5.30. The standard InChI is InChI=1S/C31H40N4O14/c32-30(33)34-23-5-3-22(4-6-23)29(42)49-24-7-1-21(2-8-24)20-48-31(43)35(25(28(40)41)19-27(38)39)10-12-45-14-16-47-18-17-46-15-13-44-11-9-26(36)37/h1-8,25H,9-20H2,(H,36,37)(H,38,39)(H,40,41)(H4,32,33,34). The number of anilines is 1. The Morgan fingerprint density at radius 1 is 0.755 bits per heavy atom. The van der Waals surface area contributed by atoms with E-state index in [1.807, 2.05) is 0 Å². The van der Waals surface area contributed by atoms with Crippen LogP contribution in [-0.4, -0.2) is 122 Å². The summed E-state index contributed by atoms with van der Waals surface area (Å²) in [6.45, 7) is 0.672. The monoisotopic (exact) mass is 692 g/mol. The zero-order chi connectivity index (χ0) is 36.0. The van der Waals surface area contributed by atoms with Crippen LogP contribution < -0.4 is 15.8 Å². The molecular formula is C31H40N4O14. The molecule has 0 bridgehead atoms. The Bertz CT molecular complexity index is 1370. The Labute approximate surface area is 281 Å². The Kier molecular flexibility index (Phi) is 18.1. The highest BCUT2D eigenvalue weighted by Crippen LogP contribution is 2.17. The molecule has 7 N–H and O–H groups in total. The van der Waals surface area contributed by atoms with Crippen LogP contribution in [0.2, 0.25) is 0 Å². The van der Waals surface area contributed by atoms with Crippen LogP contribution in [0.1, 0.15) is 28.8 Å². The van der Waals surface area contributed by atoms with Crippen molar-refractivity contribution in [2.24, 2.45) is 5.73 Å². The number of nitrogens with zero attached hydrogens (tertiary/aromatic N) is 1. The third-order valence-electron chi connectivity index (χ3n) is 6.21. The molecule has 49 heavy (non-hydrogen) atoms. The van der Waals surface area contributed by atoms with Crippen molar-refractivity contribution in [3.8, 4) is 5.75 Å². The number of carboxylic acid groups (broad SMARTS) is 3. The summed E-state index contributed by atoms with van der Waals surface area (Å²) in [6.07, 6.45) is -2.03. The highest BCUT2D eigenvalue weighted by molar-refractivity contribution is 5.93. The van der Waals surface area contributed by atoms with Gasteiger partial charge in [-0.3, -0.25) is 19.9 Å². The molecular weight excluding hydrogens is 652 g/mol. The number of benzene rings is 2. The predicted molar refractivity (Wildman–Crippen MR) is 169 cm³/mol. The lowest BCUT2D eigenvalue weighted by Gasteiger charge is -2.27. The summed E-state index contributed by atoms with van der Waals surface area (Å²) >= 11 is 0. The molecule has 268 valence electrons. The summed E-state index contributed by atoms with van der Waals surface area (Å²) in [7, 11) is 0. The van der Waals surface area contributed by atoms with Gasteiger partial charge in [-0.1, -0.05) is 12.1 Å². The molecule has 1 unspecified atom stereocenters. The van der Waals surface area contributed by atoms with E-state index in [0.29, 0.717) is 11.3 Å². The summed E-state index contributed by atoms with van der Waals surface area (Å²) in [6, 6.07) is 10.4. The molecule has 0 heterocycles. The van der Waals surface area contributed by atoms with Crippen molar-refractivity contribution in [3.05, 3.63) is 59.7 Å². The molecule has 0 aromatic heterocycles. The van der Waals surface area contributed by atoms with E-state index in [-0.39, 0.29) is 89.7 Å². The minimum absolute atomic E-state index is 0.0864. The largest absolute Gasteiger partial charge is 0.481 e. The minimum Gasteiger partial charge on any atom is -0.481 e. The molecule has 0 saturated carbocycles. The number of guanidine groups is 1.